The number of nitrogens with zero attached hydrogens (tertiary/aromatic N) is 2. The van der Waals surface area contributed by atoms with Crippen molar-refractivity contribution in [1.29, 1.82) is 5.26 Å². The summed E-state index contributed by atoms with van der Waals surface area (Å²) in [6.45, 7) is 0. The van der Waals surface area contributed by atoms with Gasteiger partial charge in [0.25, 0.3) is 5.91 Å². The number of rotatable bonds is 8. The van der Waals surface area contributed by atoms with E-state index >= 15 is 0 Å². The summed E-state index contributed by atoms with van der Waals surface area (Å²) in [5.41, 5.74) is 1.27. The first-order valence-corrected chi connectivity index (χ1v) is 11.1. The lowest BCUT2D eigenvalue weighted by Crippen LogP contribution is -2.13. The number of anilines is 1. The van der Waals surface area contributed by atoms with Gasteiger partial charge in [-0.2, -0.15) is 5.26 Å². The molecule has 0 unspecified atom stereocenters. The van der Waals surface area contributed by atoms with Gasteiger partial charge in [0, 0.05) is 27.5 Å². The smallest absolute Gasteiger partial charge is 0.268 e. The van der Waals surface area contributed by atoms with E-state index in [-0.39, 0.29) is 5.57 Å². The standard InChI is InChI=1S/C23H19Cl2N3O4S/c1-30-19-7-13(8-20(31-2)21(19)32-3)6-15(11-26)22(29)28-23-27-12-17(33-23)10-14-9-16(24)4-5-18(14)25/h4-9,12H,10H2,1-3H3,(H,27,28,29)/b15-6-. The van der Waals surface area contributed by atoms with Crippen molar-refractivity contribution in [1.82, 2.24) is 4.98 Å². The van der Waals surface area contributed by atoms with Gasteiger partial charge in [-0.05, 0) is 47.5 Å². The van der Waals surface area contributed by atoms with Gasteiger partial charge in [-0.15, -0.1) is 11.3 Å². The molecular formula is C23H19Cl2N3O4S. The first-order chi connectivity index (χ1) is 15.9. The van der Waals surface area contributed by atoms with Crippen LogP contribution in [0.1, 0.15) is 16.0 Å². The van der Waals surface area contributed by atoms with Gasteiger partial charge < -0.3 is 14.2 Å². The van der Waals surface area contributed by atoms with E-state index in [1.54, 1.807) is 36.5 Å². The number of nitriles is 1. The molecule has 0 fully saturated rings. The Morgan fingerprint density at radius 1 is 1.15 bits per heavy atom. The van der Waals surface area contributed by atoms with Crippen molar-refractivity contribution in [2.24, 2.45) is 0 Å². The molecule has 33 heavy (non-hydrogen) atoms. The third kappa shape index (κ3) is 5.96. The van der Waals surface area contributed by atoms with Crippen LogP contribution in [-0.2, 0) is 11.2 Å². The molecule has 170 valence electrons. The summed E-state index contributed by atoms with van der Waals surface area (Å²) in [5.74, 6) is 0.637. The van der Waals surface area contributed by atoms with Crippen molar-refractivity contribution in [2.45, 2.75) is 6.42 Å². The number of hydrogen-bond donors (Lipinski definition) is 1. The molecule has 0 saturated heterocycles. The lowest BCUT2D eigenvalue weighted by Gasteiger charge is -2.13. The fourth-order valence-electron chi connectivity index (χ4n) is 2.98. The average molecular weight is 504 g/mol. The van der Waals surface area contributed by atoms with Crippen molar-refractivity contribution in [3.05, 3.63) is 68.2 Å². The van der Waals surface area contributed by atoms with E-state index in [9.17, 15) is 10.1 Å². The third-order valence-corrected chi connectivity index (χ3v) is 6.03. The number of aromatic nitrogens is 1. The van der Waals surface area contributed by atoms with Crippen LogP contribution in [0.3, 0.4) is 0 Å². The van der Waals surface area contributed by atoms with Crippen LogP contribution >= 0.6 is 34.5 Å². The number of hydrogen-bond acceptors (Lipinski definition) is 7. The minimum Gasteiger partial charge on any atom is -0.493 e. The quantitative estimate of drug-likeness (QED) is 0.317. The van der Waals surface area contributed by atoms with E-state index in [1.807, 2.05) is 6.07 Å². The Labute approximate surface area is 205 Å². The first-order valence-electron chi connectivity index (χ1n) is 9.50. The summed E-state index contributed by atoms with van der Waals surface area (Å²) < 4.78 is 15.9. The Kier molecular flexibility index (Phi) is 8.17. The zero-order chi connectivity index (χ0) is 24.0. The zero-order valence-electron chi connectivity index (χ0n) is 17.9. The van der Waals surface area contributed by atoms with Crippen LogP contribution in [-0.4, -0.2) is 32.2 Å². The highest BCUT2D eigenvalue weighted by atomic mass is 35.5. The molecule has 0 atom stereocenters. The molecule has 1 aromatic heterocycles. The minimum absolute atomic E-state index is 0.112. The lowest BCUT2D eigenvalue weighted by molar-refractivity contribution is -0.112. The Bertz CT molecular complexity index is 1230. The average Bonchev–Trinajstić information content (AvgIpc) is 3.25. The summed E-state index contributed by atoms with van der Waals surface area (Å²) in [5, 5.41) is 13.7. The van der Waals surface area contributed by atoms with Crippen LogP contribution < -0.4 is 19.5 Å². The highest BCUT2D eigenvalue weighted by Gasteiger charge is 2.16. The molecule has 0 aliphatic carbocycles. The molecule has 0 saturated carbocycles. The molecule has 10 heteroatoms. The second kappa shape index (κ2) is 11.1. The molecule has 3 aromatic rings. The minimum atomic E-state index is -0.590. The fraction of sp³-hybridized carbons (Fsp3) is 0.174. The Hall–Kier alpha value is -3.25. The van der Waals surface area contributed by atoms with E-state index < -0.39 is 5.91 Å². The number of benzene rings is 2. The summed E-state index contributed by atoms with van der Waals surface area (Å²) in [4.78, 5) is 17.8. The molecule has 0 aliphatic rings. The predicted molar refractivity (Wildman–Crippen MR) is 130 cm³/mol. The van der Waals surface area contributed by atoms with Crippen LogP contribution in [0.25, 0.3) is 6.08 Å². The van der Waals surface area contributed by atoms with E-state index in [2.05, 4.69) is 10.3 Å². The summed E-state index contributed by atoms with van der Waals surface area (Å²) >= 11 is 13.5. The molecule has 1 heterocycles. The molecule has 0 bridgehead atoms. The number of amides is 1. The molecule has 0 aliphatic heterocycles. The third-order valence-electron chi connectivity index (χ3n) is 4.51. The molecule has 3 rings (SSSR count). The van der Waals surface area contributed by atoms with E-state index in [0.717, 1.165) is 10.4 Å². The molecular weight excluding hydrogens is 485 g/mol. The number of ether oxygens (including phenoxy) is 3. The van der Waals surface area contributed by atoms with Gasteiger partial charge in [-0.3, -0.25) is 10.1 Å². The first kappa shape index (κ1) is 24.4. The molecule has 7 nitrogen and oxygen atoms in total. The van der Waals surface area contributed by atoms with Crippen molar-refractivity contribution in [3.63, 3.8) is 0 Å². The van der Waals surface area contributed by atoms with Crippen LogP contribution in [0.5, 0.6) is 17.2 Å². The maximum atomic E-state index is 12.7. The van der Waals surface area contributed by atoms with Gasteiger partial charge in [0.05, 0.1) is 21.3 Å². The second-order valence-corrected chi connectivity index (χ2v) is 8.59. The topological polar surface area (TPSA) is 93.5 Å². The molecule has 1 N–H and O–H groups in total. The number of halogens is 2. The van der Waals surface area contributed by atoms with Gasteiger partial charge in [0.15, 0.2) is 16.6 Å². The van der Waals surface area contributed by atoms with E-state index in [0.29, 0.717) is 44.4 Å². The summed E-state index contributed by atoms with van der Waals surface area (Å²) in [6, 6.07) is 10.4. The van der Waals surface area contributed by atoms with Gasteiger partial charge >= 0.3 is 0 Å². The van der Waals surface area contributed by atoms with Crippen molar-refractivity contribution in [3.8, 4) is 23.3 Å². The van der Waals surface area contributed by atoms with Crippen LogP contribution in [0.15, 0.2) is 42.1 Å². The van der Waals surface area contributed by atoms with Crippen LogP contribution in [0.2, 0.25) is 10.0 Å². The van der Waals surface area contributed by atoms with Crippen molar-refractivity contribution >= 4 is 51.7 Å². The molecule has 0 spiro atoms. The Morgan fingerprint density at radius 3 is 2.45 bits per heavy atom. The maximum absolute atomic E-state index is 12.7. The highest BCUT2D eigenvalue weighted by Crippen LogP contribution is 2.38. The fourth-order valence-corrected chi connectivity index (χ4v) is 4.19. The monoisotopic (exact) mass is 503 g/mol. The normalized spacial score (nSPS) is 11.0. The molecule has 2 aromatic carbocycles. The van der Waals surface area contributed by atoms with Crippen LogP contribution in [0.4, 0.5) is 5.13 Å². The highest BCUT2D eigenvalue weighted by molar-refractivity contribution is 7.15. The number of methoxy groups -OCH3 is 3. The summed E-state index contributed by atoms with van der Waals surface area (Å²) in [7, 11) is 4.46. The van der Waals surface area contributed by atoms with Crippen molar-refractivity contribution in [2.75, 3.05) is 26.6 Å². The Morgan fingerprint density at radius 2 is 1.85 bits per heavy atom. The van der Waals surface area contributed by atoms with Gasteiger partial charge in [0.1, 0.15) is 11.6 Å². The predicted octanol–water partition coefficient (Wildman–Crippen LogP) is 5.61. The van der Waals surface area contributed by atoms with Gasteiger partial charge in [-0.25, -0.2) is 4.98 Å². The van der Waals surface area contributed by atoms with Crippen LogP contribution in [0, 0.1) is 11.3 Å². The second-order valence-electron chi connectivity index (χ2n) is 6.63. The molecule has 1 amide bonds. The van der Waals surface area contributed by atoms with Gasteiger partial charge in [-0.1, -0.05) is 23.2 Å². The number of carbonyl (C=O) groups excluding carboxylic acids is 1. The summed E-state index contributed by atoms with van der Waals surface area (Å²) in [6.07, 6.45) is 3.59. The maximum Gasteiger partial charge on any atom is 0.268 e. The van der Waals surface area contributed by atoms with Crippen molar-refractivity contribution < 1.29 is 19.0 Å². The zero-order valence-corrected chi connectivity index (χ0v) is 20.3. The van der Waals surface area contributed by atoms with E-state index in [1.165, 1.54) is 38.7 Å². The largest absolute Gasteiger partial charge is 0.493 e. The SMILES string of the molecule is COc1cc(/C=C(/C#N)C(=O)Nc2ncc(Cc3cc(Cl)ccc3Cl)s2)cc(OC)c1OC. The van der Waals surface area contributed by atoms with E-state index in [4.69, 9.17) is 37.4 Å². The lowest BCUT2D eigenvalue weighted by atomic mass is 10.1. The number of carbonyl (C=O) groups is 1. The Balaban J connectivity index is 1.79. The van der Waals surface area contributed by atoms with Gasteiger partial charge in [0.2, 0.25) is 5.75 Å². The number of thiazole rings is 1. The molecule has 0 radical (unpaired) electrons. The number of nitrogens with one attached hydrogen (secondary N) is 1.